The van der Waals surface area contributed by atoms with Crippen molar-refractivity contribution in [3.8, 4) is 0 Å². The van der Waals surface area contributed by atoms with Crippen LogP contribution >= 0.6 is 11.3 Å². The molecule has 0 saturated carbocycles. The lowest BCUT2D eigenvalue weighted by molar-refractivity contribution is 0.0970. The van der Waals surface area contributed by atoms with E-state index in [0.29, 0.717) is 0 Å². The highest BCUT2D eigenvalue weighted by atomic mass is 32.1. The molecule has 1 aliphatic heterocycles. The first-order chi connectivity index (χ1) is 9.22. The van der Waals surface area contributed by atoms with Gasteiger partial charge in [-0.2, -0.15) is 0 Å². The van der Waals surface area contributed by atoms with E-state index in [-0.39, 0.29) is 0 Å². The van der Waals surface area contributed by atoms with Gasteiger partial charge in [0, 0.05) is 55.1 Å². The Kier molecular flexibility index (Phi) is 5.82. The van der Waals surface area contributed by atoms with Gasteiger partial charge in [-0.1, -0.05) is 6.92 Å². The van der Waals surface area contributed by atoms with Crippen LogP contribution in [0.1, 0.15) is 30.0 Å². The van der Waals surface area contributed by atoms with Gasteiger partial charge in [0.25, 0.3) is 0 Å². The molecule has 1 N–H and O–H groups in total. The number of piperazine rings is 1. The SMILES string of the molecule is CCC(C)N1CCN(Cc2ccc(CNC)s2)CC1. The third-order valence-electron chi connectivity index (χ3n) is 4.07. The number of nitrogens with zero attached hydrogens (tertiary/aromatic N) is 2. The zero-order valence-corrected chi connectivity index (χ0v) is 13.3. The van der Waals surface area contributed by atoms with Gasteiger partial charge in [0.05, 0.1) is 0 Å². The Morgan fingerprint density at radius 1 is 1.21 bits per heavy atom. The average Bonchev–Trinajstić information content (AvgIpc) is 2.86. The molecule has 1 saturated heterocycles. The van der Waals surface area contributed by atoms with Crippen molar-refractivity contribution in [2.24, 2.45) is 0 Å². The van der Waals surface area contributed by atoms with Gasteiger partial charge in [-0.15, -0.1) is 11.3 Å². The van der Waals surface area contributed by atoms with Crippen LogP contribution in [-0.4, -0.2) is 49.1 Å². The average molecular weight is 281 g/mol. The van der Waals surface area contributed by atoms with E-state index >= 15 is 0 Å². The van der Waals surface area contributed by atoms with Crippen molar-refractivity contribution in [2.45, 2.75) is 39.4 Å². The largest absolute Gasteiger partial charge is 0.315 e. The van der Waals surface area contributed by atoms with E-state index in [1.54, 1.807) is 0 Å². The van der Waals surface area contributed by atoms with Crippen LogP contribution in [0.5, 0.6) is 0 Å². The van der Waals surface area contributed by atoms with Crippen LogP contribution in [0.2, 0.25) is 0 Å². The molecule has 19 heavy (non-hydrogen) atoms. The maximum atomic E-state index is 3.22. The lowest BCUT2D eigenvalue weighted by atomic mass is 10.2. The second-order valence-electron chi connectivity index (χ2n) is 5.47. The van der Waals surface area contributed by atoms with E-state index in [9.17, 15) is 0 Å². The fourth-order valence-electron chi connectivity index (χ4n) is 2.62. The van der Waals surface area contributed by atoms with Gasteiger partial charge >= 0.3 is 0 Å². The highest BCUT2D eigenvalue weighted by Crippen LogP contribution is 2.19. The zero-order valence-electron chi connectivity index (χ0n) is 12.5. The van der Waals surface area contributed by atoms with Crippen LogP contribution in [0.3, 0.4) is 0 Å². The first kappa shape index (κ1) is 15.0. The van der Waals surface area contributed by atoms with Crippen LogP contribution < -0.4 is 5.32 Å². The molecule has 108 valence electrons. The minimum absolute atomic E-state index is 0.742. The van der Waals surface area contributed by atoms with E-state index in [2.05, 4.69) is 41.1 Å². The van der Waals surface area contributed by atoms with Gasteiger partial charge in [-0.05, 0) is 32.5 Å². The molecule has 2 rings (SSSR count). The molecule has 0 aliphatic carbocycles. The minimum Gasteiger partial charge on any atom is -0.315 e. The Balaban J connectivity index is 1.78. The van der Waals surface area contributed by atoms with Crippen LogP contribution in [0.15, 0.2) is 12.1 Å². The van der Waals surface area contributed by atoms with Gasteiger partial charge in [0.2, 0.25) is 0 Å². The fraction of sp³-hybridized carbons (Fsp3) is 0.733. The molecule has 1 aromatic heterocycles. The molecule has 0 spiro atoms. The fourth-order valence-corrected chi connectivity index (χ4v) is 3.69. The van der Waals surface area contributed by atoms with Crippen LogP contribution in [-0.2, 0) is 13.1 Å². The molecular formula is C15H27N3S. The van der Waals surface area contributed by atoms with Crippen molar-refractivity contribution in [3.05, 3.63) is 21.9 Å². The normalized spacial score (nSPS) is 19.7. The minimum atomic E-state index is 0.742. The van der Waals surface area contributed by atoms with Crippen molar-refractivity contribution >= 4 is 11.3 Å². The van der Waals surface area contributed by atoms with Gasteiger partial charge in [0.15, 0.2) is 0 Å². The Bertz CT molecular complexity index is 369. The standard InChI is InChI=1S/C15H27N3S/c1-4-13(2)18-9-7-17(8-10-18)12-15-6-5-14(19-15)11-16-3/h5-6,13,16H,4,7-12H2,1-3H3. The first-order valence-corrected chi connectivity index (χ1v) is 8.23. The monoisotopic (exact) mass is 281 g/mol. The van der Waals surface area contributed by atoms with Gasteiger partial charge < -0.3 is 5.32 Å². The van der Waals surface area contributed by atoms with Crippen LogP contribution in [0, 0.1) is 0 Å². The Morgan fingerprint density at radius 3 is 2.53 bits per heavy atom. The second-order valence-corrected chi connectivity index (χ2v) is 6.72. The molecule has 2 heterocycles. The molecule has 3 nitrogen and oxygen atoms in total. The van der Waals surface area contributed by atoms with Crippen LogP contribution in [0.25, 0.3) is 0 Å². The molecule has 1 atom stereocenters. The lowest BCUT2D eigenvalue weighted by Gasteiger charge is -2.37. The summed E-state index contributed by atoms with van der Waals surface area (Å²) in [6.45, 7) is 11.6. The second kappa shape index (κ2) is 7.39. The van der Waals surface area contributed by atoms with Gasteiger partial charge in [-0.25, -0.2) is 0 Å². The molecular weight excluding hydrogens is 254 g/mol. The van der Waals surface area contributed by atoms with E-state index in [0.717, 1.165) is 19.1 Å². The molecule has 1 unspecified atom stereocenters. The maximum absolute atomic E-state index is 3.22. The predicted molar refractivity (Wildman–Crippen MR) is 83.7 cm³/mol. The number of hydrogen-bond donors (Lipinski definition) is 1. The summed E-state index contributed by atoms with van der Waals surface area (Å²) >= 11 is 1.94. The Hall–Kier alpha value is -0.420. The number of thiophene rings is 1. The van der Waals surface area contributed by atoms with E-state index < -0.39 is 0 Å². The topological polar surface area (TPSA) is 18.5 Å². The van der Waals surface area contributed by atoms with E-state index in [1.807, 2.05) is 18.4 Å². The van der Waals surface area contributed by atoms with E-state index in [1.165, 1.54) is 42.4 Å². The molecule has 0 radical (unpaired) electrons. The molecule has 4 heteroatoms. The third kappa shape index (κ3) is 4.28. The Labute approximate surface area is 121 Å². The molecule has 1 aromatic rings. The summed E-state index contributed by atoms with van der Waals surface area (Å²) in [6, 6.07) is 5.29. The van der Waals surface area contributed by atoms with Crippen molar-refractivity contribution < 1.29 is 0 Å². The first-order valence-electron chi connectivity index (χ1n) is 7.41. The summed E-state index contributed by atoms with van der Waals surface area (Å²) in [5, 5.41) is 3.22. The summed E-state index contributed by atoms with van der Waals surface area (Å²) in [4.78, 5) is 8.16. The predicted octanol–water partition coefficient (Wildman–Crippen LogP) is 2.38. The molecule has 1 fully saturated rings. The number of rotatable bonds is 6. The van der Waals surface area contributed by atoms with Crippen molar-refractivity contribution in [3.63, 3.8) is 0 Å². The number of nitrogens with one attached hydrogen (secondary N) is 1. The summed E-state index contributed by atoms with van der Waals surface area (Å²) in [7, 11) is 2.01. The van der Waals surface area contributed by atoms with Crippen molar-refractivity contribution in [1.29, 1.82) is 0 Å². The number of hydrogen-bond acceptors (Lipinski definition) is 4. The highest BCUT2D eigenvalue weighted by Gasteiger charge is 2.20. The van der Waals surface area contributed by atoms with E-state index in [4.69, 9.17) is 0 Å². The smallest absolute Gasteiger partial charge is 0.0329 e. The summed E-state index contributed by atoms with van der Waals surface area (Å²) in [5.74, 6) is 0. The lowest BCUT2D eigenvalue weighted by Crippen LogP contribution is -2.48. The quantitative estimate of drug-likeness (QED) is 0.864. The molecule has 0 bridgehead atoms. The maximum Gasteiger partial charge on any atom is 0.0329 e. The molecule has 1 aliphatic rings. The molecule has 0 amide bonds. The summed E-state index contributed by atoms with van der Waals surface area (Å²) in [6.07, 6.45) is 1.26. The summed E-state index contributed by atoms with van der Waals surface area (Å²) < 4.78 is 0. The Morgan fingerprint density at radius 2 is 1.89 bits per heavy atom. The van der Waals surface area contributed by atoms with Gasteiger partial charge in [-0.3, -0.25) is 9.80 Å². The third-order valence-corrected chi connectivity index (χ3v) is 5.14. The zero-order chi connectivity index (χ0) is 13.7. The molecule has 0 aromatic carbocycles. The summed E-state index contributed by atoms with van der Waals surface area (Å²) in [5.41, 5.74) is 0. The van der Waals surface area contributed by atoms with Gasteiger partial charge in [0.1, 0.15) is 0 Å². The van der Waals surface area contributed by atoms with Crippen molar-refractivity contribution in [2.75, 3.05) is 33.2 Å². The van der Waals surface area contributed by atoms with Crippen LogP contribution in [0.4, 0.5) is 0 Å². The van der Waals surface area contributed by atoms with Crippen molar-refractivity contribution in [1.82, 2.24) is 15.1 Å². The highest BCUT2D eigenvalue weighted by molar-refractivity contribution is 7.11.